The highest BCUT2D eigenvalue weighted by atomic mass is 14.9. The van der Waals surface area contributed by atoms with E-state index in [-0.39, 0.29) is 0 Å². The van der Waals surface area contributed by atoms with Crippen LogP contribution in [0.15, 0.2) is 79.1 Å². The van der Waals surface area contributed by atoms with Crippen LogP contribution in [-0.2, 0) is 7.05 Å². The lowest BCUT2D eigenvalue weighted by atomic mass is 9.96. The number of hydrogen-bond donors (Lipinski definition) is 0. The molecule has 0 aliphatic carbocycles. The van der Waals surface area contributed by atoms with Crippen LogP contribution in [0.2, 0.25) is 0 Å². The molecule has 5 aromatic rings. The third kappa shape index (κ3) is 2.19. The second-order valence-electron chi connectivity index (χ2n) is 6.89. The molecule has 2 heteroatoms. The zero-order chi connectivity index (χ0) is 17.7. The Kier molecular flexibility index (Phi) is 3.26. The number of pyridine rings is 2. The van der Waals surface area contributed by atoms with Crippen molar-refractivity contribution in [1.82, 2.24) is 4.98 Å². The highest BCUT2D eigenvalue weighted by Crippen LogP contribution is 2.33. The van der Waals surface area contributed by atoms with Crippen LogP contribution < -0.4 is 4.57 Å². The van der Waals surface area contributed by atoms with Crippen molar-refractivity contribution in [2.45, 2.75) is 6.92 Å². The summed E-state index contributed by atoms with van der Waals surface area (Å²) in [6.07, 6.45) is 4.11. The van der Waals surface area contributed by atoms with Gasteiger partial charge in [-0.25, -0.2) is 4.57 Å². The van der Waals surface area contributed by atoms with Gasteiger partial charge in [0.1, 0.15) is 7.05 Å². The average molecular weight is 335 g/mol. The van der Waals surface area contributed by atoms with Crippen LogP contribution in [0.4, 0.5) is 0 Å². The van der Waals surface area contributed by atoms with Gasteiger partial charge in [0.2, 0.25) is 5.69 Å². The van der Waals surface area contributed by atoms with E-state index in [2.05, 4.69) is 96.4 Å². The molecule has 0 fully saturated rings. The standard InChI is InChI=1S/C24H19N2/c1-16-13-23-22(19-9-5-4-8-18(19)15-25-23)14-21(16)24-20-10-6-3-7-17(20)11-12-26(24)2/h3-15H,1-2H3/q+1. The summed E-state index contributed by atoms with van der Waals surface area (Å²) in [5.74, 6) is 0. The normalized spacial score (nSPS) is 11.5. The van der Waals surface area contributed by atoms with E-state index < -0.39 is 0 Å². The van der Waals surface area contributed by atoms with Gasteiger partial charge in [0.05, 0.1) is 16.5 Å². The fourth-order valence-electron chi connectivity index (χ4n) is 3.91. The zero-order valence-corrected chi connectivity index (χ0v) is 14.9. The Morgan fingerprint density at radius 2 is 1.50 bits per heavy atom. The molecule has 0 amide bonds. The van der Waals surface area contributed by atoms with E-state index in [1.54, 1.807) is 0 Å². The molecule has 0 radical (unpaired) electrons. The quantitative estimate of drug-likeness (QED) is 0.298. The van der Waals surface area contributed by atoms with Crippen molar-refractivity contribution in [3.8, 4) is 11.3 Å². The number of hydrogen-bond acceptors (Lipinski definition) is 1. The van der Waals surface area contributed by atoms with Gasteiger partial charge in [-0.3, -0.25) is 4.98 Å². The maximum absolute atomic E-state index is 4.68. The smallest absolute Gasteiger partial charge is 0.220 e. The van der Waals surface area contributed by atoms with Crippen LogP contribution in [0, 0.1) is 6.92 Å². The van der Waals surface area contributed by atoms with Crippen molar-refractivity contribution in [2.24, 2.45) is 7.05 Å². The number of rotatable bonds is 1. The summed E-state index contributed by atoms with van der Waals surface area (Å²) in [5, 5.41) is 6.17. The van der Waals surface area contributed by atoms with Crippen LogP contribution in [0.3, 0.4) is 0 Å². The number of aryl methyl sites for hydroxylation is 2. The predicted molar refractivity (Wildman–Crippen MR) is 108 cm³/mol. The summed E-state index contributed by atoms with van der Waals surface area (Å²) in [6, 6.07) is 23.7. The summed E-state index contributed by atoms with van der Waals surface area (Å²) in [6.45, 7) is 2.17. The minimum absolute atomic E-state index is 1.05. The first-order chi connectivity index (χ1) is 12.7. The number of aromatic nitrogens is 2. The molecular weight excluding hydrogens is 316 g/mol. The van der Waals surface area contributed by atoms with Crippen LogP contribution >= 0.6 is 0 Å². The molecule has 0 saturated heterocycles. The number of benzene rings is 3. The van der Waals surface area contributed by atoms with Gasteiger partial charge in [0.15, 0.2) is 6.20 Å². The SMILES string of the molecule is Cc1cc2ncc3ccccc3c2cc1-c1c2ccccc2cc[n+]1C. The summed E-state index contributed by atoms with van der Waals surface area (Å²) >= 11 is 0. The highest BCUT2D eigenvalue weighted by molar-refractivity contribution is 6.07. The molecule has 0 bridgehead atoms. The monoisotopic (exact) mass is 335 g/mol. The van der Waals surface area contributed by atoms with Gasteiger partial charge in [-0.05, 0) is 41.5 Å². The molecule has 26 heavy (non-hydrogen) atoms. The molecule has 2 heterocycles. The molecule has 0 aliphatic rings. The van der Waals surface area contributed by atoms with Crippen molar-refractivity contribution < 1.29 is 4.57 Å². The third-order valence-electron chi connectivity index (χ3n) is 5.24. The van der Waals surface area contributed by atoms with Crippen LogP contribution in [0.5, 0.6) is 0 Å². The minimum Gasteiger partial charge on any atom is -0.256 e. The van der Waals surface area contributed by atoms with Crippen LogP contribution in [-0.4, -0.2) is 4.98 Å². The van der Waals surface area contributed by atoms with E-state index in [1.807, 2.05) is 6.20 Å². The number of fused-ring (bicyclic) bond motifs is 4. The topological polar surface area (TPSA) is 16.8 Å². The van der Waals surface area contributed by atoms with Crippen LogP contribution in [0.25, 0.3) is 43.7 Å². The van der Waals surface area contributed by atoms with Crippen molar-refractivity contribution in [2.75, 3.05) is 0 Å². The van der Waals surface area contributed by atoms with Crippen molar-refractivity contribution in [3.05, 3.63) is 84.7 Å². The van der Waals surface area contributed by atoms with Crippen molar-refractivity contribution >= 4 is 32.4 Å². The van der Waals surface area contributed by atoms with Crippen molar-refractivity contribution in [3.63, 3.8) is 0 Å². The summed E-state index contributed by atoms with van der Waals surface area (Å²) in [5.41, 5.74) is 4.80. The third-order valence-corrected chi connectivity index (χ3v) is 5.24. The molecule has 3 aromatic carbocycles. The van der Waals surface area contributed by atoms with Gasteiger partial charge in [-0.2, -0.15) is 0 Å². The van der Waals surface area contributed by atoms with E-state index in [9.17, 15) is 0 Å². The lowest BCUT2D eigenvalue weighted by Gasteiger charge is -2.11. The van der Waals surface area contributed by atoms with Gasteiger partial charge in [0, 0.05) is 23.0 Å². The van der Waals surface area contributed by atoms with E-state index in [0.717, 1.165) is 5.52 Å². The molecule has 2 nitrogen and oxygen atoms in total. The maximum Gasteiger partial charge on any atom is 0.220 e. The first-order valence-corrected chi connectivity index (χ1v) is 8.88. The highest BCUT2D eigenvalue weighted by Gasteiger charge is 2.18. The van der Waals surface area contributed by atoms with Gasteiger partial charge in [0.25, 0.3) is 0 Å². The Labute approximate surface area is 152 Å². The maximum atomic E-state index is 4.68. The van der Waals surface area contributed by atoms with Gasteiger partial charge >= 0.3 is 0 Å². The summed E-state index contributed by atoms with van der Waals surface area (Å²) in [4.78, 5) is 4.68. The predicted octanol–water partition coefficient (Wildman–Crippen LogP) is 5.34. The average Bonchev–Trinajstić information content (AvgIpc) is 2.68. The zero-order valence-electron chi connectivity index (χ0n) is 14.9. The molecular formula is C24H19N2+. The number of nitrogens with zero attached hydrogens (tertiary/aromatic N) is 2. The van der Waals surface area contributed by atoms with Gasteiger partial charge in [-0.1, -0.05) is 42.5 Å². The minimum atomic E-state index is 1.05. The van der Waals surface area contributed by atoms with E-state index in [1.165, 1.54) is 43.8 Å². The lowest BCUT2D eigenvalue weighted by Crippen LogP contribution is -2.30. The second-order valence-corrected chi connectivity index (χ2v) is 6.89. The second kappa shape index (κ2) is 5.63. The van der Waals surface area contributed by atoms with E-state index >= 15 is 0 Å². The first-order valence-electron chi connectivity index (χ1n) is 8.88. The molecule has 0 saturated carbocycles. The molecule has 124 valence electrons. The van der Waals surface area contributed by atoms with Crippen molar-refractivity contribution in [1.29, 1.82) is 0 Å². The van der Waals surface area contributed by atoms with E-state index in [0.29, 0.717) is 0 Å². The molecule has 0 spiro atoms. The fraction of sp³-hybridized carbons (Fsp3) is 0.0833. The molecule has 2 aromatic heterocycles. The lowest BCUT2D eigenvalue weighted by molar-refractivity contribution is -0.659. The van der Waals surface area contributed by atoms with E-state index in [4.69, 9.17) is 0 Å². The summed E-state index contributed by atoms with van der Waals surface area (Å²) in [7, 11) is 2.12. The Balaban J connectivity index is 1.92. The van der Waals surface area contributed by atoms with Crippen LogP contribution in [0.1, 0.15) is 5.56 Å². The Morgan fingerprint density at radius 1 is 0.769 bits per heavy atom. The van der Waals surface area contributed by atoms with Gasteiger partial charge in [-0.15, -0.1) is 0 Å². The molecule has 0 N–H and O–H groups in total. The Bertz CT molecular complexity index is 1300. The Hall–Kier alpha value is -3.26. The molecule has 0 aliphatic heterocycles. The molecule has 0 atom stereocenters. The molecule has 5 rings (SSSR count). The molecule has 0 unspecified atom stereocenters. The Morgan fingerprint density at radius 3 is 2.35 bits per heavy atom. The van der Waals surface area contributed by atoms with Gasteiger partial charge < -0.3 is 0 Å². The summed E-state index contributed by atoms with van der Waals surface area (Å²) < 4.78 is 2.22. The largest absolute Gasteiger partial charge is 0.256 e. The fourth-order valence-corrected chi connectivity index (χ4v) is 3.91. The first kappa shape index (κ1) is 15.0.